The van der Waals surface area contributed by atoms with Crippen LogP contribution in [0.3, 0.4) is 0 Å². The Balaban J connectivity index is 1.11. The van der Waals surface area contributed by atoms with Gasteiger partial charge in [-0.1, -0.05) is 213 Å². The van der Waals surface area contributed by atoms with E-state index in [4.69, 9.17) is 4.98 Å². The van der Waals surface area contributed by atoms with Crippen LogP contribution in [-0.2, 0) is 0 Å². The van der Waals surface area contributed by atoms with Crippen molar-refractivity contribution in [2.45, 2.75) is 6.92 Å². The molecule has 1 heteroatoms. The summed E-state index contributed by atoms with van der Waals surface area (Å²) in [6.45, 7) is 6.60. The van der Waals surface area contributed by atoms with Crippen LogP contribution in [0.1, 0.15) is 12.5 Å². The molecule has 0 saturated carbocycles. The summed E-state index contributed by atoms with van der Waals surface area (Å²) in [5, 5.41) is 6.94. The van der Waals surface area contributed by atoms with Crippen LogP contribution in [0, 0.1) is 0 Å². The molecule has 0 radical (unpaired) electrons. The predicted octanol–water partition coefficient (Wildman–Crippen LogP) is 19.5. The van der Waals surface area contributed by atoms with Gasteiger partial charge in [-0.05, 0) is 162 Å². The van der Waals surface area contributed by atoms with E-state index in [1.54, 1.807) is 0 Å². The molecular weight excluding hydrogens is 855 g/mol. The van der Waals surface area contributed by atoms with Crippen molar-refractivity contribution >= 4 is 48.9 Å². The molecule has 11 aromatic carbocycles. The molecule has 71 heavy (non-hydrogen) atoms. The van der Waals surface area contributed by atoms with E-state index in [9.17, 15) is 0 Å². The van der Waals surface area contributed by atoms with Gasteiger partial charge in [0.25, 0.3) is 0 Å². The summed E-state index contributed by atoms with van der Waals surface area (Å²) in [6, 6.07) is 88.6. The molecule has 0 aliphatic carbocycles. The Morgan fingerprint density at radius 1 is 0.324 bits per heavy atom. The average molecular weight is 904 g/mol. The minimum absolute atomic E-state index is 0.951. The van der Waals surface area contributed by atoms with Gasteiger partial charge in [0.15, 0.2) is 0 Å². The first-order valence-corrected chi connectivity index (χ1v) is 24.4. The predicted molar refractivity (Wildman–Crippen MR) is 305 cm³/mol. The molecule has 0 amide bonds. The number of hydrogen-bond donors (Lipinski definition) is 0. The summed E-state index contributed by atoms with van der Waals surface area (Å²) in [5.41, 5.74) is 20.2. The van der Waals surface area contributed by atoms with Crippen LogP contribution >= 0.6 is 0 Å². The molecule has 0 spiro atoms. The average Bonchev–Trinajstić information content (AvgIpc) is 3.44. The third kappa shape index (κ3) is 8.45. The van der Waals surface area contributed by atoms with Crippen molar-refractivity contribution in [3.8, 4) is 77.9 Å². The molecule has 0 bridgehead atoms. The maximum atomic E-state index is 5.50. The molecule has 0 N–H and O–H groups in total. The van der Waals surface area contributed by atoms with Gasteiger partial charge in [0, 0.05) is 27.1 Å². The van der Waals surface area contributed by atoms with Crippen molar-refractivity contribution in [3.63, 3.8) is 0 Å². The number of rotatable bonds is 10. The van der Waals surface area contributed by atoms with E-state index in [0.29, 0.717) is 0 Å². The third-order valence-electron chi connectivity index (χ3n) is 13.8. The Labute approximate surface area is 415 Å². The van der Waals surface area contributed by atoms with Crippen molar-refractivity contribution < 1.29 is 0 Å². The Bertz CT molecular complexity index is 3900. The first kappa shape index (κ1) is 43.1. The maximum Gasteiger partial charge on any atom is 0.0794 e. The van der Waals surface area contributed by atoms with Gasteiger partial charge in [-0.2, -0.15) is 0 Å². The second-order valence-corrected chi connectivity index (χ2v) is 18.3. The second kappa shape index (κ2) is 18.7. The molecule has 12 aromatic rings. The van der Waals surface area contributed by atoms with E-state index in [2.05, 4.69) is 261 Å². The van der Waals surface area contributed by atoms with E-state index in [1.165, 1.54) is 38.6 Å². The highest BCUT2D eigenvalue weighted by Crippen LogP contribution is 2.43. The van der Waals surface area contributed by atoms with Crippen LogP contribution < -0.4 is 0 Å². The summed E-state index contributed by atoms with van der Waals surface area (Å²) in [5.74, 6) is 0. The van der Waals surface area contributed by atoms with Crippen molar-refractivity contribution in [3.05, 3.63) is 279 Å². The fraction of sp³-hybridized carbons (Fsp3) is 0.0143. The molecule has 12 rings (SSSR count). The molecule has 0 unspecified atom stereocenters. The Morgan fingerprint density at radius 2 is 0.690 bits per heavy atom. The van der Waals surface area contributed by atoms with E-state index in [-0.39, 0.29) is 0 Å². The zero-order valence-corrected chi connectivity index (χ0v) is 39.6. The standard InChI is InChI=1S/C70H49N/c1-3-4-8-20-47(2)55-38-56(48-21-9-5-10-22-48)41-60(39-55)62-44-59(45-63(46-62)61-42-57(49-23-11-6-12-24-49)40-58(43-61)50-25-13-7-14-26-50)53-29-19-30-54(37-53)68-66-35-33-51-27-15-17-31-64(51)69(66)71-70-65-32-18-16-28-52(65)34-36-67(68)70/h3-46H,2H2,1H3/b4-3-,20-8-. The molecule has 334 valence electrons. The zero-order valence-electron chi connectivity index (χ0n) is 39.6. The lowest BCUT2D eigenvalue weighted by molar-refractivity contribution is 1.52. The zero-order chi connectivity index (χ0) is 47.7. The van der Waals surface area contributed by atoms with Gasteiger partial charge in [-0.25, -0.2) is 4.98 Å². The van der Waals surface area contributed by atoms with Crippen LogP contribution in [0.25, 0.3) is 127 Å². The fourth-order valence-electron chi connectivity index (χ4n) is 10.2. The van der Waals surface area contributed by atoms with Crippen molar-refractivity contribution in [1.82, 2.24) is 4.98 Å². The van der Waals surface area contributed by atoms with E-state index in [0.717, 1.165) is 93.8 Å². The topological polar surface area (TPSA) is 12.9 Å². The molecule has 1 heterocycles. The Hall–Kier alpha value is -9.17. The largest absolute Gasteiger partial charge is 0.246 e. The van der Waals surface area contributed by atoms with Gasteiger partial charge in [0.05, 0.1) is 11.0 Å². The van der Waals surface area contributed by atoms with Gasteiger partial charge >= 0.3 is 0 Å². The lowest BCUT2D eigenvalue weighted by atomic mass is 9.87. The summed E-state index contributed by atoms with van der Waals surface area (Å²) in [4.78, 5) is 5.50. The molecule has 0 aliphatic rings. The molecule has 1 aromatic heterocycles. The highest BCUT2D eigenvalue weighted by Gasteiger charge is 2.18. The first-order chi connectivity index (χ1) is 35.0. The Morgan fingerprint density at radius 3 is 1.17 bits per heavy atom. The molecule has 0 saturated heterocycles. The summed E-state index contributed by atoms with van der Waals surface area (Å²) < 4.78 is 0. The van der Waals surface area contributed by atoms with Gasteiger partial charge < -0.3 is 0 Å². The highest BCUT2D eigenvalue weighted by molar-refractivity contribution is 6.21. The molecule has 0 fully saturated rings. The van der Waals surface area contributed by atoms with E-state index >= 15 is 0 Å². The molecule has 0 atom stereocenters. The minimum Gasteiger partial charge on any atom is -0.246 e. The number of fused-ring (bicyclic) bond motifs is 6. The number of pyridine rings is 1. The number of hydrogen-bond acceptors (Lipinski definition) is 1. The van der Waals surface area contributed by atoms with Crippen molar-refractivity contribution in [2.75, 3.05) is 0 Å². The monoisotopic (exact) mass is 903 g/mol. The smallest absolute Gasteiger partial charge is 0.0794 e. The second-order valence-electron chi connectivity index (χ2n) is 18.3. The van der Waals surface area contributed by atoms with Gasteiger partial charge in [0.2, 0.25) is 0 Å². The molecule has 0 aliphatic heterocycles. The van der Waals surface area contributed by atoms with E-state index < -0.39 is 0 Å². The first-order valence-electron chi connectivity index (χ1n) is 24.4. The lowest BCUT2D eigenvalue weighted by Crippen LogP contribution is -1.93. The van der Waals surface area contributed by atoms with Crippen LogP contribution in [-0.4, -0.2) is 4.98 Å². The highest BCUT2D eigenvalue weighted by atomic mass is 14.7. The Kier molecular flexibility index (Phi) is 11.4. The maximum absolute atomic E-state index is 5.50. The summed E-state index contributed by atoms with van der Waals surface area (Å²) in [7, 11) is 0. The van der Waals surface area contributed by atoms with Crippen molar-refractivity contribution in [2.24, 2.45) is 0 Å². The van der Waals surface area contributed by atoms with Gasteiger partial charge in [-0.3, -0.25) is 0 Å². The third-order valence-corrected chi connectivity index (χ3v) is 13.8. The van der Waals surface area contributed by atoms with Gasteiger partial charge in [-0.15, -0.1) is 0 Å². The SMILES string of the molecule is C=C(/C=C\C=C/C)c1cc(-c2ccccc2)cc(-c2cc(-c3cc(-c4ccccc4)cc(-c4ccccc4)c3)cc(-c3cccc(-c4c5ccc6ccccc6c5nc5c4ccc4ccccc45)c3)c2)c1. The van der Waals surface area contributed by atoms with Crippen LogP contribution in [0.5, 0.6) is 0 Å². The van der Waals surface area contributed by atoms with Crippen LogP contribution in [0.2, 0.25) is 0 Å². The van der Waals surface area contributed by atoms with Crippen LogP contribution in [0.15, 0.2) is 274 Å². The minimum atomic E-state index is 0.951. The lowest BCUT2D eigenvalue weighted by Gasteiger charge is -2.17. The number of nitrogens with zero attached hydrogens (tertiary/aromatic N) is 1. The van der Waals surface area contributed by atoms with Crippen molar-refractivity contribution in [1.29, 1.82) is 0 Å². The number of allylic oxidation sites excluding steroid dienone is 5. The van der Waals surface area contributed by atoms with Gasteiger partial charge in [0.1, 0.15) is 0 Å². The number of aromatic nitrogens is 1. The van der Waals surface area contributed by atoms with E-state index in [1.807, 2.05) is 19.1 Å². The van der Waals surface area contributed by atoms with Crippen LogP contribution in [0.4, 0.5) is 0 Å². The molecule has 1 nitrogen and oxygen atoms in total. The normalized spacial score (nSPS) is 11.7. The quantitative estimate of drug-likeness (QED) is 0.0757. The summed E-state index contributed by atoms with van der Waals surface area (Å²) >= 11 is 0. The fourth-order valence-corrected chi connectivity index (χ4v) is 10.2. The number of benzene rings is 11. The summed E-state index contributed by atoms with van der Waals surface area (Å²) in [6.07, 6.45) is 8.25. The molecular formula is C70H49N.